The minimum absolute atomic E-state index is 0.246. The van der Waals surface area contributed by atoms with Crippen LogP contribution in [0.2, 0.25) is 0 Å². The summed E-state index contributed by atoms with van der Waals surface area (Å²) in [6.45, 7) is 10.0. The summed E-state index contributed by atoms with van der Waals surface area (Å²) in [6.07, 6.45) is 8.46. The van der Waals surface area contributed by atoms with E-state index in [2.05, 4.69) is 22.0 Å². The molecule has 2 saturated heterocycles. The molecule has 1 N–H and O–H groups in total. The number of aliphatic imine (C=N–C) groups is 1. The lowest BCUT2D eigenvalue weighted by Crippen LogP contribution is -2.55. The van der Waals surface area contributed by atoms with Crippen LogP contribution in [0.25, 0.3) is 0 Å². The molecule has 2 aliphatic carbocycles. The van der Waals surface area contributed by atoms with Crippen molar-refractivity contribution in [3.63, 3.8) is 0 Å². The first-order valence-corrected chi connectivity index (χ1v) is 11.9. The Morgan fingerprint density at radius 3 is 2.41 bits per heavy atom. The molecule has 2 aliphatic heterocycles. The smallest absolute Gasteiger partial charge is 0.236 e. The quantitative estimate of drug-likeness (QED) is 0.553. The molecule has 4 fully saturated rings. The Bertz CT molecular complexity index is 564. The lowest BCUT2D eigenvalue weighted by atomic mass is 9.85. The molecule has 29 heavy (non-hydrogen) atoms. The molecule has 0 aromatic heterocycles. The van der Waals surface area contributed by atoms with Crippen LogP contribution in [0, 0.1) is 11.8 Å². The van der Waals surface area contributed by atoms with Crippen LogP contribution in [0.1, 0.15) is 45.4 Å². The highest BCUT2D eigenvalue weighted by Crippen LogP contribution is 2.44. The van der Waals surface area contributed by atoms with Crippen molar-refractivity contribution in [3.05, 3.63) is 0 Å². The number of hydrogen-bond donors (Lipinski definition) is 1. The van der Waals surface area contributed by atoms with E-state index >= 15 is 0 Å². The van der Waals surface area contributed by atoms with Gasteiger partial charge in [-0.15, -0.1) is 0 Å². The molecule has 0 radical (unpaired) electrons. The van der Waals surface area contributed by atoms with E-state index in [1.807, 2.05) is 4.90 Å². The van der Waals surface area contributed by atoms with Crippen LogP contribution in [-0.4, -0.2) is 98.2 Å². The molecule has 0 bridgehead atoms. The highest BCUT2D eigenvalue weighted by molar-refractivity contribution is 5.81. The molecule has 0 aromatic rings. The second-order valence-electron chi connectivity index (χ2n) is 9.10. The fraction of sp³-hybridized carbons (Fsp3) is 0.909. The van der Waals surface area contributed by atoms with Crippen molar-refractivity contribution < 1.29 is 9.53 Å². The summed E-state index contributed by atoms with van der Waals surface area (Å²) in [5, 5.41) is 3.78. The van der Waals surface area contributed by atoms with Crippen molar-refractivity contribution in [2.24, 2.45) is 16.8 Å². The van der Waals surface area contributed by atoms with E-state index in [0.29, 0.717) is 25.8 Å². The number of ether oxygens (including phenoxy) is 1. The molecule has 2 unspecified atom stereocenters. The number of morpholine rings is 1. The summed E-state index contributed by atoms with van der Waals surface area (Å²) in [6, 6.07) is 0.629. The minimum atomic E-state index is 0.246. The Morgan fingerprint density at radius 1 is 1.00 bits per heavy atom. The lowest BCUT2D eigenvalue weighted by Gasteiger charge is -2.37. The number of nitrogens with one attached hydrogen (secondary N) is 1. The van der Waals surface area contributed by atoms with Crippen molar-refractivity contribution in [3.8, 4) is 0 Å². The first kappa shape index (κ1) is 20.9. The van der Waals surface area contributed by atoms with E-state index in [1.54, 1.807) is 0 Å². The van der Waals surface area contributed by atoms with Gasteiger partial charge in [0.2, 0.25) is 5.91 Å². The van der Waals surface area contributed by atoms with E-state index in [9.17, 15) is 4.79 Å². The molecular weight excluding hydrogens is 366 g/mol. The van der Waals surface area contributed by atoms with Gasteiger partial charge in [0.05, 0.1) is 19.8 Å². The van der Waals surface area contributed by atoms with Gasteiger partial charge < -0.3 is 19.9 Å². The van der Waals surface area contributed by atoms with Crippen molar-refractivity contribution in [1.82, 2.24) is 20.0 Å². The molecular formula is C22H39N5O2. The third-order valence-electron chi connectivity index (χ3n) is 7.11. The number of hydrogen-bond acceptors (Lipinski definition) is 4. The normalized spacial score (nSPS) is 29.8. The van der Waals surface area contributed by atoms with Crippen LogP contribution in [0.4, 0.5) is 0 Å². The van der Waals surface area contributed by atoms with Gasteiger partial charge >= 0.3 is 0 Å². The molecule has 2 heterocycles. The Labute approximate surface area is 175 Å². The van der Waals surface area contributed by atoms with E-state index in [-0.39, 0.29) is 5.91 Å². The average molecular weight is 406 g/mol. The maximum absolute atomic E-state index is 12.5. The summed E-state index contributed by atoms with van der Waals surface area (Å²) < 4.78 is 5.35. The first-order valence-electron chi connectivity index (χ1n) is 11.9. The number of carbonyl (C=O) groups excluding carboxylic acids is 1. The summed E-state index contributed by atoms with van der Waals surface area (Å²) in [4.78, 5) is 23.9. The summed E-state index contributed by atoms with van der Waals surface area (Å²) >= 11 is 0. The minimum Gasteiger partial charge on any atom is -0.378 e. The van der Waals surface area contributed by atoms with Gasteiger partial charge in [-0.3, -0.25) is 14.7 Å². The summed E-state index contributed by atoms with van der Waals surface area (Å²) in [7, 11) is 0. The zero-order chi connectivity index (χ0) is 20.1. The third kappa shape index (κ3) is 5.63. The maximum Gasteiger partial charge on any atom is 0.236 e. The van der Waals surface area contributed by atoms with Crippen molar-refractivity contribution in [1.29, 1.82) is 0 Å². The van der Waals surface area contributed by atoms with Gasteiger partial charge in [-0.1, -0.05) is 32.1 Å². The average Bonchev–Trinajstić information content (AvgIpc) is 3.54. The highest BCUT2D eigenvalue weighted by atomic mass is 16.5. The Morgan fingerprint density at radius 2 is 1.72 bits per heavy atom. The number of guanidine groups is 1. The van der Waals surface area contributed by atoms with Crippen LogP contribution >= 0.6 is 0 Å². The second-order valence-corrected chi connectivity index (χ2v) is 9.10. The number of rotatable bonds is 5. The second kappa shape index (κ2) is 10.1. The van der Waals surface area contributed by atoms with Crippen molar-refractivity contribution in [2.75, 3.05) is 65.6 Å². The molecule has 164 valence electrons. The van der Waals surface area contributed by atoms with E-state index < -0.39 is 0 Å². The van der Waals surface area contributed by atoms with Gasteiger partial charge in [0, 0.05) is 51.9 Å². The molecule has 2 saturated carbocycles. The van der Waals surface area contributed by atoms with Crippen molar-refractivity contribution in [2.45, 2.75) is 51.5 Å². The predicted molar refractivity (Wildman–Crippen MR) is 115 cm³/mol. The number of nitrogens with zero attached hydrogens (tertiary/aromatic N) is 4. The monoisotopic (exact) mass is 405 g/mol. The van der Waals surface area contributed by atoms with Gasteiger partial charge in [0.15, 0.2) is 5.96 Å². The van der Waals surface area contributed by atoms with Gasteiger partial charge in [0.25, 0.3) is 0 Å². The maximum atomic E-state index is 12.5. The number of carbonyl (C=O) groups is 1. The number of piperazine rings is 1. The Hall–Kier alpha value is -1.34. The Kier molecular flexibility index (Phi) is 7.29. The summed E-state index contributed by atoms with van der Waals surface area (Å²) in [5.74, 6) is 3.14. The van der Waals surface area contributed by atoms with Gasteiger partial charge in [0.1, 0.15) is 0 Å². The largest absolute Gasteiger partial charge is 0.378 e. The molecule has 7 heteroatoms. The van der Waals surface area contributed by atoms with Gasteiger partial charge in [-0.2, -0.15) is 0 Å². The SMILES string of the molecule is CCN=C(NC1CC1C1CCCCC1)N1CCN(CC(=O)N2CCOCC2)CC1. The van der Waals surface area contributed by atoms with Crippen LogP contribution < -0.4 is 5.32 Å². The highest BCUT2D eigenvalue weighted by Gasteiger charge is 2.44. The predicted octanol–water partition coefficient (Wildman–Crippen LogP) is 1.40. The fourth-order valence-electron chi connectivity index (χ4n) is 5.24. The van der Waals surface area contributed by atoms with Gasteiger partial charge in [-0.05, 0) is 25.2 Å². The van der Waals surface area contributed by atoms with E-state index in [0.717, 1.165) is 63.6 Å². The molecule has 7 nitrogen and oxygen atoms in total. The zero-order valence-corrected chi connectivity index (χ0v) is 18.2. The molecule has 0 aromatic carbocycles. The zero-order valence-electron chi connectivity index (χ0n) is 18.2. The van der Waals surface area contributed by atoms with Crippen LogP contribution in [0.5, 0.6) is 0 Å². The Balaban J connectivity index is 1.22. The van der Waals surface area contributed by atoms with Crippen LogP contribution in [-0.2, 0) is 9.53 Å². The summed E-state index contributed by atoms with van der Waals surface area (Å²) in [5.41, 5.74) is 0. The third-order valence-corrected chi connectivity index (χ3v) is 7.11. The van der Waals surface area contributed by atoms with Crippen LogP contribution in [0.15, 0.2) is 4.99 Å². The molecule has 2 atom stereocenters. The molecule has 1 amide bonds. The topological polar surface area (TPSA) is 60.4 Å². The number of amides is 1. The van der Waals surface area contributed by atoms with E-state index in [1.165, 1.54) is 38.5 Å². The molecule has 0 spiro atoms. The fourth-order valence-corrected chi connectivity index (χ4v) is 5.24. The first-order chi connectivity index (χ1) is 14.2. The lowest BCUT2D eigenvalue weighted by molar-refractivity contribution is -0.136. The van der Waals surface area contributed by atoms with Crippen LogP contribution in [0.3, 0.4) is 0 Å². The molecule has 4 rings (SSSR count). The van der Waals surface area contributed by atoms with Crippen molar-refractivity contribution >= 4 is 11.9 Å². The molecule has 4 aliphatic rings. The van der Waals surface area contributed by atoms with E-state index in [4.69, 9.17) is 9.73 Å². The standard InChI is InChI=1S/C22H39N5O2/c1-2-23-22(24-20-16-19(20)18-6-4-3-5-7-18)27-10-8-25(9-11-27)17-21(28)26-12-14-29-15-13-26/h18-20H,2-17H2,1H3,(H,23,24). The van der Waals surface area contributed by atoms with Gasteiger partial charge in [-0.25, -0.2) is 0 Å².